The van der Waals surface area contributed by atoms with Crippen LogP contribution in [-0.2, 0) is 9.47 Å². The molecular formula is C7H13NO2. The smallest absolute Gasteiger partial charge is 0.111 e. The van der Waals surface area contributed by atoms with Gasteiger partial charge in [-0.1, -0.05) is 0 Å². The normalized spacial score (nSPS) is 20.0. The van der Waals surface area contributed by atoms with Crippen LogP contribution in [0, 0.1) is 0 Å². The lowest BCUT2D eigenvalue weighted by Gasteiger charge is -2.10. The molecule has 0 saturated heterocycles. The van der Waals surface area contributed by atoms with Crippen molar-refractivity contribution in [3.8, 4) is 0 Å². The second-order valence-corrected chi connectivity index (χ2v) is 2.31. The Labute approximate surface area is 60.8 Å². The summed E-state index contributed by atoms with van der Waals surface area (Å²) < 4.78 is 10.1. The van der Waals surface area contributed by atoms with Crippen LogP contribution in [0.3, 0.4) is 0 Å². The summed E-state index contributed by atoms with van der Waals surface area (Å²) in [4.78, 5) is 0. The van der Waals surface area contributed by atoms with Crippen molar-refractivity contribution in [2.24, 2.45) is 5.73 Å². The maximum atomic E-state index is 5.67. The summed E-state index contributed by atoms with van der Waals surface area (Å²) in [5.74, 6) is 0.877. The molecule has 0 bridgehead atoms. The van der Waals surface area contributed by atoms with Crippen LogP contribution in [0.1, 0.15) is 6.42 Å². The number of ether oxygens (including phenoxy) is 2. The lowest BCUT2D eigenvalue weighted by molar-refractivity contribution is 0.153. The molecule has 0 aromatic heterocycles. The predicted octanol–water partition coefficient (Wildman–Crippen LogP) is 0.264. The summed E-state index contributed by atoms with van der Waals surface area (Å²) in [5, 5.41) is 0. The van der Waals surface area contributed by atoms with Crippen molar-refractivity contribution in [2.45, 2.75) is 12.5 Å². The largest absolute Gasteiger partial charge is 0.496 e. The molecule has 1 rings (SSSR count). The molecule has 1 aliphatic heterocycles. The van der Waals surface area contributed by atoms with E-state index >= 15 is 0 Å². The third-order valence-electron chi connectivity index (χ3n) is 1.44. The fourth-order valence-corrected chi connectivity index (χ4v) is 0.957. The molecule has 2 N–H and O–H groups in total. The van der Waals surface area contributed by atoms with Gasteiger partial charge in [-0.25, -0.2) is 0 Å². The average molecular weight is 143 g/mol. The quantitative estimate of drug-likeness (QED) is 0.616. The van der Waals surface area contributed by atoms with E-state index in [0.29, 0.717) is 6.61 Å². The molecule has 0 radical (unpaired) electrons. The van der Waals surface area contributed by atoms with Crippen molar-refractivity contribution in [3.05, 3.63) is 11.8 Å². The van der Waals surface area contributed by atoms with Crippen molar-refractivity contribution >= 4 is 0 Å². The van der Waals surface area contributed by atoms with Gasteiger partial charge in [-0.2, -0.15) is 0 Å². The Morgan fingerprint density at radius 1 is 1.90 bits per heavy atom. The molecule has 0 aromatic rings. The average Bonchev–Trinajstić information content (AvgIpc) is 2.38. The van der Waals surface area contributed by atoms with Crippen LogP contribution in [0.25, 0.3) is 0 Å². The van der Waals surface area contributed by atoms with Crippen molar-refractivity contribution in [1.82, 2.24) is 0 Å². The molecule has 10 heavy (non-hydrogen) atoms. The van der Waals surface area contributed by atoms with Crippen LogP contribution in [0.15, 0.2) is 11.8 Å². The second-order valence-electron chi connectivity index (χ2n) is 2.31. The van der Waals surface area contributed by atoms with Gasteiger partial charge in [0, 0.05) is 13.5 Å². The molecule has 3 heteroatoms. The second kappa shape index (κ2) is 3.58. The molecule has 3 nitrogen and oxygen atoms in total. The van der Waals surface area contributed by atoms with Crippen molar-refractivity contribution in [1.29, 1.82) is 0 Å². The number of nitrogens with two attached hydrogens (primary N) is 1. The zero-order valence-electron chi connectivity index (χ0n) is 6.17. The maximum absolute atomic E-state index is 5.67. The van der Waals surface area contributed by atoms with Gasteiger partial charge in [0.2, 0.25) is 0 Å². The highest BCUT2D eigenvalue weighted by Gasteiger charge is 2.13. The van der Waals surface area contributed by atoms with Gasteiger partial charge in [-0.15, -0.1) is 0 Å². The molecule has 1 unspecified atom stereocenters. The third-order valence-corrected chi connectivity index (χ3v) is 1.44. The molecular weight excluding hydrogens is 130 g/mol. The van der Waals surface area contributed by atoms with E-state index in [2.05, 4.69) is 0 Å². The highest BCUT2D eigenvalue weighted by atomic mass is 16.5. The summed E-state index contributed by atoms with van der Waals surface area (Å²) >= 11 is 0. The van der Waals surface area contributed by atoms with E-state index in [1.807, 2.05) is 6.08 Å². The molecule has 0 saturated carbocycles. The van der Waals surface area contributed by atoms with Crippen LogP contribution in [0.2, 0.25) is 0 Å². The molecule has 0 spiro atoms. The Bertz CT molecular complexity index is 134. The highest BCUT2D eigenvalue weighted by molar-refractivity contribution is 5.05. The molecule has 58 valence electrons. The first-order valence-electron chi connectivity index (χ1n) is 3.42. The summed E-state index contributed by atoms with van der Waals surface area (Å²) in [6, 6.07) is -0.0764. The van der Waals surface area contributed by atoms with Crippen molar-refractivity contribution in [2.75, 3.05) is 20.3 Å². The molecule has 1 aliphatic rings. The van der Waals surface area contributed by atoms with E-state index in [-0.39, 0.29) is 6.04 Å². The molecule has 0 fully saturated rings. The Morgan fingerprint density at radius 3 is 3.20 bits per heavy atom. The van der Waals surface area contributed by atoms with Gasteiger partial charge in [0.1, 0.15) is 5.76 Å². The number of rotatable bonds is 3. The minimum atomic E-state index is -0.0764. The number of hydrogen-bond donors (Lipinski definition) is 1. The summed E-state index contributed by atoms with van der Waals surface area (Å²) in [7, 11) is 1.63. The molecule has 1 heterocycles. The maximum Gasteiger partial charge on any atom is 0.111 e. The minimum absolute atomic E-state index is 0.0764. The monoisotopic (exact) mass is 143 g/mol. The van der Waals surface area contributed by atoms with Gasteiger partial charge < -0.3 is 15.2 Å². The van der Waals surface area contributed by atoms with Gasteiger partial charge in [0.25, 0.3) is 0 Å². The van der Waals surface area contributed by atoms with E-state index in [4.69, 9.17) is 15.2 Å². The van der Waals surface area contributed by atoms with Crippen LogP contribution in [0.5, 0.6) is 0 Å². The van der Waals surface area contributed by atoms with E-state index in [1.54, 1.807) is 7.11 Å². The minimum Gasteiger partial charge on any atom is -0.496 e. The van der Waals surface area contributed by atoms with Crippen LogP contribution in [-0.4, -0.2) is 26.4 Å². The van der Waals surface area contributed by atoms with Gasteiger partial charge >= 0.3 is 0 Å². The van der Waals surface area contributed by atoms with E-state index in [0.717, 1.165) is 18.8 Å². The van der Waals surface area contributed by atoms with Crippen molar-refractivity contribution < 1.29 is 9.47 Å². The Morgan fingerprint density at radius 2 is 2.70 bits per heavy atom. The Balaban J connectivity index is 2.32. The van der Waals surface area contributed by atoms with Gasteiger partial charge in [0.15, 0.2) is 0 Å². The summed E-state index contributed by atoms with van der Waals surface area (Å²) in [6.45, 7) is 1.30. The SMILES string of the molecule is COCC(N)C1=CCCO1. The van der Waals surface area contributed by atoms with E-state index in [1.165, 1.54) is 0 Å². The number of methoxy groups -OCH3 is 1. The van der Waals surface area contributed by atoms with Crippen molar-refractivity contribution in [3.63, 3.8) is 0 Å². The molecule has 1 atom stereocenters. The van der Waals surface area contributed by atoms with E-state index in [9.17, 15) is 0 Å². The summed E-state index contributed by atoms with van der Waals surface area (Å²) in [6.07, 6.45) is 3.00. The van der Waals surface area contributed by atoms with Gasteiger partial charge in [-0.3, -0.25) is 0 Å². The summed E-state index contributed by atoms with van der Waals surface area (Å²) in [5.41, 5.74) is 5.67. The van der Waals surface area contributed by atoms with Crippen LogP contribution >= 0.6 is 0 Å². The lowest BCUT2D eigenvalue weighted by Crippen LogP contribution is -2.28. The fourth-order valence-electron chi connectivity index (χ4n) is 0.957. The zero-order chi connectivity index (χ0) is 7.40. The predicted molar refractivity (Wildman–Crippen MR) is 38.5 cm³/mol. The molecule has 0 aliphatic carbocycles. The number of hydrogen-bond acceptors (Lipinski definition) is 3. The first-order chi connectivity index (χ1) is 4.84. The van der Waals surface area contributed by atoms with E-state index < -0.39 is 0 Å². The fraction of sp³-hybridized carbons (Fsp3) is 0.714. The zero-order valence-corrected chi connectivity index (χ0v) is 6.17. The van der Waals surface area contributed by atoms with Crippen LogP contribution < -0.4 is 5.73 Å². The van der Waals surface area contributed by atoms with Gasteiger partial charge in [-0.05, 0) is 6.08 Å². The lowest BCUT2D eigenvalue weighted by atomic mass is 10.2. The van der Waals surface area contributed by atoms with Gasteiger partial charge in [0.05, 0.1) is 19.3 Å². The third kappa shape index (κ3) is 1.72. The molecule has 0 amide bonds. The highest BCUT2D eigenvalue weighted by Crippen LogP contribution is 2.11. The standard InChI is InChI=1S/C7H13NO2/c1-9-5-6(8)7-3-2-4-10-7/h3,6H,2,4-5,8H2,1H3. The van der Waals surface area contributed by atoms with Crippen LogP contribution in [0.4, 0.5) is 0 Å². The Kier molecular flexibility index (Phi) is 2.71. The first kappa shape index (κ1) is 7.57. The molecule has 0 aromatic carbocycles. The topological polar surface area (TPSA) is 44.5 Å². The Hall–Kier alpha value is -0.540. The first-order valence-corrected chi connectivity index (χ1v) is 3.42.